The fourth-order valence-corrected chi connectivity index (χ4v) is 3.97. The standard InChI is InChI=1S/C28H42N2O6/c1-28(2,3)24-20-36-27(34)23(18-21-10-6-4-7-11-21)13-9-5-8-12-22(26(33)30-24)19-25(32)29-14-16-35-17-15-31/h4-8,10-11,22-24,31H,9,12-20H2,1-3H3,(H,29,32)(H,30,33). The summed E-state index contributed by atoms with van der Waals surface area (Å²) in [5, 5.41) is 14.6. The van der Waals surface area contributed by atoms with Crippen LogP contribution in [0.3, 0.4) is 0 Å². The van der Waals surface area contributed by atoms with Crippen molar-refractivity contribution in [1.82, 2.24) is 10.6 Å². The zero-order valence-corrected chi connectivity index (χ0v) is 21.8. The molecule has 0 radical (unpaired) electrons. The van der Waals surface area contributed by atoms with Gasteiger partial charge < -0.3 is 25.2 Å². The summed E-state index contributed by atoms with van der Waals surface area (Å²) in [7, 11) is 0. The topological polar surface area (TPSA) is 114 Å². The molecule has 3 N–H and O–H groups in total. The SMILES string of the molecule is CC(C)(C)C1COC(=O)C(Cc2ccccc2)CCC=CCC(CC(=O)NCCOCCO)C(=O)N1. The van der Waals surface area contributed by atoms with Crippen molar-refractivity contribution in [3.05, 3.63) is 48.0 Å². The Balaban J connectivity index is 2.10. The van der Waals surface area contributed by atoms with Gasteiger partial charge in [-0.3, -0.25) is 14.4 Å². The molecule has 1 heterocycles. The highest BCUT2D eigenvalue weighted by atomic mass is 16.5. The van der Waals surface area contributed by atoms with Gasteiger partial charge in [0.25, 0.3) is 0 Å². The van der Waals surface area contributed by atoms with Gasteiger partial charge in [0.05, 0.1) is 37.7 Å². The summed E-state index contributed by atoms with van der Waals surface area (Å²) in [5.74, 6) is -1.54. The van der Waals surface area contributed by atoms with Gasteiger partial charge in [-0.25, -0.2) is 0 Å². The van der Waals surface area contributed by atoms with Gasteiger partial charge in [-0.1, -0.05) is 63.3 Å². The van der Waals surface area contributed by atoms with Crippen molar-refractivity contribution in [2.45, 2.75) is 58.9 Å². The zero-order chi connectivity index (χ0) is 26.4. The molecule has 8 heteroatoms. The van der Waals surface area contributed by atoms with Gasteiger partial charge in [0.2, 0.25) is 11.8 Å². The fraction of sp³-hybridized carbons (Fsp3) is 0.607. The first kappa shape index (κ1) is 29.5. The van der Waals surface area contributed by atoms with E-state index in [1.54, 1.807) is 0 Å². The largest absolute Gasteiger partial charge is 0.463 e. The summed E-state index contributed by atoms with van der Waals surface area (Å²) in [6, 6.07) is 9.50. The Morgan fingerprint density at radius 3 is 2.58 bits per heavy atom. The Labute approximate surface area is 214 Å². The quantitative estimate of drug-likeness (QED) is 0.272. The van der Waals surface area contributed by atoms with Crippen molar-refractivity contribution in [3.63, 3.8) is 0 Å². The van der Waals surface area contributed by atoms with Gasteiger partial charge in [-0.2, -0.15) is 0 Å². The highest BCUT2D eigenvalue weighted by molar-refractivity contribution is 5.86. The Kier molecular flexibility index (Phi) is 12.6. The number of carbonyl (C=O) groups excluding carboxylic acids is 3. The molecule has 0 saturated heterocycles. The van der Waals surface area contributed by atoms with Crippen molar-refractivity contribution >= 4 is 17.8 Å². The number of benzene rings is 1. The molecule has 0 bridgehead atoms. The first-order valence-corrected chi connectivity index (χ1v) is 12.8. The molecule has 0 aliphatic carbocycles. The number of esters is 1. The van der Waals surface area contributed by atoms with Crippen molar-refractivity contribution in [2.24, 2.45) is 17.3 Å². The fourth-order valence-electron chi connectivity index (χ4n) is 3.97. The van der Waals surface area contributed by atoms with Gasteiger partial charge in [0, 0.05) is 13.0 Å². The van der Waals surface area contributed by atoms with Crippen LogP contribution in [0, 0.1) is 17.3 Å². The third-order valence-electron chi connectivity index (χ3n) is 6.29. The van der Waals surface area contributed by atoms with Crippen molar-refractivity contribution in [3.8, 4) is 0 Å². The second-order valence-corrected chi connectivity index (χ2v) is 10.3. The smallest absolute Gasteiger partial charge is 0.309 e. The summed E-state index contributed by atoms with van der Waals surface area (Å²) in [6.45, 7) is 6.79. The molecule has 3 unspecified atom stereocenters. The molecule has 36 heavy (non-hydrogen) atoms. The van der Waals surface area contributed by atoms with Gasteiger partial charge in [-0.05, 0) is 36.7 Å². The van der Waals surface area contributed by atoms with E-state index in [-0.39, 0.29) is 55.4 Å². The molecule has 3 atom stereocenters. The number of amides is 2. The first-order chi connectivity index (χ1) is 17.2. The number of aliphatic hydroxyl groups excluding tert-OH is 1. The number of allylic oxidation sites excluding steroid dienone is 2. The van der Waals surface area contributed by atoms with Crippen LogP contribution in [0.1, 0.15) is 52.0 Å². The number of rotatable bonds is 9. The first-order valence-electron chi connectivity index (χ1n) is 12.8. The average molecular weight is 503 g/mol. The predicted molar refractivity (Wildman–Crippen MR) is 138 cm³/mol. The van der Waals surface area contributed by atoms with Crippen LogP contribution >= 0.6 is 0 Å². The Morgan fingerprint density at radius 1 is 1.14 bits per heavy atom. The minimum atomic E-state index is -0.541. The average Bonchev–Trinajstić information content (AvgIpc) is 2.84. The van der Waals surface area contributed by atoms with E-state index in [4.69, 9.17) is 14.6 Å². The van der Waals surface area contributed by atoms with Crippen LogP contribution in [0.15, 0.2) is 42.5 Å². The van der Waals surface area contributed by atoms with Gasteiger partial charge >= 0.3 is 5.97 Å². The van der Waals surface area contributed by atoms with Crippen LogP contribution < -0.4 is 10.6 Å². The summed E-state index contributed by atoms with van der Waals surface area (Å²) in [5.41, 5.74) is 0.735. The van der Waals surface area contributed by atoms with Crippen LogP contribution in [0.25, 0.3) is 0 Å². The predicted octanol–water partition coefficient (Wildman–Crippen LogP) is 2.79. The molecular formula is C28H42N2O6. The Morgan fingerprint density at radius 2 is 1.89 bits per heavy atom. The summed E-state index contributed by atoms with van der Waals surface area (Å²) < 4.78 is 10.9. The third-order valence-corrected chi connectivity index (χ3v) is 6.29. The van der Waals surface area contributed by atoms with E-state index in [1.165, 1.54) is 0 Å². The molecule has 0 aromatic heterocycles. The number of nitrogens with one attached hydrogen (secondary N) is 2. The molecular weight excluding hydrogens is 460 g/mol. The van der Waals surface area contributed by atoms with Crippen molar-refractivity contribution < 1.29 is 29.0 Å². The van der Waals surface area contributed by atoms with E-state index in [0.717, 1.165) is 5.56 Å². The lowest BCUT2D eigenvalue weighted by atomic mass is 9.86. The molecule has 1 aromatic carbocycles. The number of hydrogen-bond acceptors (Lipinski definition) is 6. The molecule has 0 saturated carbocycles. The lowest BCUT2D eigenvalue weighted by molar-refractivity contribution is -0.151. The van der Waals surface area contributed by atoms with E-state index < -0.39 is 12.0 Å². The monoisotopic (exact) mass is 502 g/mol. The van der Waals surface area contributed by atoms with E-state index in [1.807, 2.05) is 63.3 Å². The van der Waals surface area contributed by atoms with Crippen molar-refractivity contribution in [2.75, 3.05) is 33.0 Å². The Bertz CT molecular complexity index is 849. The number of hydrogen-bond donors (Lipinski definition) is 3. The van der Waals surface area contributed by atoms with Crippen LogP contribution in [0.5, 0.6) is 0 Å². The molecule has 0 fully saturated rings. The summed E-state index contributed by atoms with van der Waals surface area (Å²) in [6.07, 6.45) is 6.30. The normalized spacial score (nSPS) is 21.9. The maximum absolute atomic E-state index is 13.2. The van der Waals surface area contributed by atoms with Crippen LogP contribution in [0.4, 0.5) is 0 Å². The van der Waals surface area contributed by atoms with Crippen LogP contribution in [-0.4, -0.2) is 61.9 Å². The second kappa shape index (κ2) is 15.4. The third kappa shape index (κ3) is 10.9. The maximum Gasteiger partial charge on any atom is 0.309 e. The van der Waals surface area contributed by atoms with Gasteiger partial charge in [0.1, 0.15) is 6.61 Å². The number of ether oxygens (including phenoxy) is 2. The van der Waals surface area contributed by atoms with Gasteiger partial charge in [-0.15, -0.1) is 0 Å². The number of aliphatic hydroxyl groups is 1. The Hall–Kier alpha value is -2.71. The number of carbonyl (C=O) groups is 3. The molecule has 8 nitrogen and oxygen atoms in total. The minimum Gasteiger partial charge on any atom is -0.463 e. The molecule has 1 aliphatic heterocycles. The summed E-state index contributed by atoms with van der Waals surface area (Å²) >= 11 is 0. The summed E-state index contributed by atoms with van der Waals surface area (Å²) in [4.78, 5) is 38.7. The lowest BCUT2D eigenvalue weighted by Gasteiger charge is -2.32. The maximum atomic E-state index is 13.2. The molecule has 2 rings (SSSR count). The van der Waals surface area contributed by atoms with Crippen molar-refractivity contribution in [1.29, 1.82) is 0 Å². The van der Waals surface area contributed by atoms with E-state index >= 15 is 0 Å². The molecule has 0 spiro atoms. The van der Waals surface area contributed by atoms with E-state index in [9.17, 15) is 14.4 Å². The molecule has 1 aromatic rings. The highest BCUT2D eigenvalue weighted by Crippen LogP contribution is 2.23. The lowest BCUT2D eigenvalue weighted by Crippen LogP contribution is -2.49. The van der Waals surface area contributed by atoms with Gasteiger partial charge in [0.15, 0.2) is 0 Å². The van der Waals surface area contributed by atoms with E-state index in [0.29, 0.717) is 38.8 Å². The number of cyclic esters (lactones) is 1. The highest BCUT2D eigenvalue weighted by Gasteiger charge is 2.32. The van der Waals surface area contributed by atoms with E-state index in [2.05, 4.69) is 10.6 Å². The molecule has 1 aliphatic rings. The molecule has 200 valence electrons. The van der Waals surface area contributed by atoms with Crippen LogP contribution in [0.2, 0.25) is 0 Å². The van der Waals surface area contributed by atoms with Crippen LogP contribution in [-0.2, 0) is 30.3 Å². The minimum absolute atomic E-state index is 0.0451. The second-order valence-electron chi connectivity index (χ2n) is 10.3. The zero-order valence-electron chi connectivity index (χ0n) is 21.8. The molecule has 2 amide bonds.